The van der Waals surface area contributed by atoms with E-state index in [0.717, 1.165) is 18.4 Å². The van der Waals surface area contributed by atoms with Crippen molar-refractivity contribution in [1.82, 2.24) is 5.32 Å². The van der Waals surface area contributed by atoms with E-state index in [2.05, 4.69) is 19.2 Å². The first-order valence-electron chi connectivity index (χ1n) is 8.48. The number of carbonyl (C=O) groups excluding carboxylic acids is 1. The van der Waals surface area contributed by atoms with Crippen LogP contribution in [0, 0.1) is 29.6 Å². The summed E-state index contributed by atoms with van der Waals surface area (Å²) in [6.45, 7) is 7.76. The van der Waals surface area contributed by atoms with Crippen molar-refractivity contribution in [1.29, 1.82) is 0 Å². The highest BCUT2D eigenvalue weighted by molar-refractivity contribution is 5.82. The van der Waals surface area contributed by atoms with Crippen LogP contribution < -0.4 is 5.32 Å². The van der Waals surface area contributed by atoms with Crippen molar-refractivity contribution >= 4 is 5.97 Å². The summed E-state index contributed by atoms with van der Waals surface area (Å²) in [5, 5.41) is 3.69. The van der Waals surface area contributed by atoms with Crippen LogP contribution in [0.1, 0.15) is 52.9 Å². The lowest BCUT2D eigenvalue weighted by Gasteiger charge is -2.60. The second kappa shape index (κ2) is 5.32. The predicted molar refractivity (Wildman–Crippen MR) is 79.2 cm³/mol. The van der Waals surface area contributed by atoms with Crippen LogP contribution in [-0.2, 0) is 9.53 Å². The van der Waals surface area contributed by atoms with E-state index >= 15 is 0 Å². The molecule has 0 aromatic rings. The molecule has 0 saturated heterocycles. The Balaban J connectivity index is 1.87. The summed E-state index contributed by atoms with van der Waals surface area (Å²) >= 11 is 0. The standard InChI is InChI=1S/C17H29NO2/c1-4-20-16(19)17(18-10-11(2)3)14-6-12-5-13(8-14)9-15(17)7-12/h11-15,18H,4-10H2,1-3H3. The van der Waals surface area contributed by atoms with Gasteiger partial charge in [0.05, 0.1) is 6.61 Å². The van der Waals surface area contributed by atoms with Crippen molar-refractivity contribution in [3.63, 3.8) is 0 Å². The first kappa shape index (κ1) is 14.4. The third-order valence-corrected chi connectivity index (χ3v) is 5.84. The maximum absolute atomic E-state index is 12.8. The Morgan fingerprint density at radius 3 is 2.15 bits per heavy atom. The number of hydrogen-bond acceptors (Lipinski definition) is 3. The Morgan fingerprint density at radius 1 is 1.15 bits per heavy atom. The summed E-state index contributed by atoms with van der Waals surface area (Å²) in [5.41, 5.74) is -0.367. The molecule has 1 N–H and O–H groups in total. The van der Waals surface area contributed by atoms with Crippen LogP contribution >= 0.6 is 0 Å². The molecule has 4 rings (SSSR count). The molecule has 0 spiro atoms. The number of rotatable bonds is 5. The van der Waals surface area contributed by atoms with Crippen LogP contribution in [-0.4, -0.2) is 24.7 Å². The zero-order valence-corrected chi connectivity index (χ0v) is 13.2. The van der Waals surface area contributed by atoms with E-state index in [1.54, 1.807) is 0 Å². The molecule has 20 heavy (non-hydrogen) atoms. The average molecular weight is 279 g/mol. The first-order valence-corrected chi connectivity index (χ1v) is 8.48. The molecule has 0 aromatic carbocycles. The summed E-state index contributed by atoms with van der Waals surface area (Å²) < 4.78 is 5.50. The topological polar surface area (TPSA) is 38.3 Å². The van der Waals surface area contributed by atoms with Crippen LogP contribution in [0.25, 0.3) is 0 Å². The van der Waals surface area contributed by atoms with Crippen LogP contribution in [0.3, 0.4) is 0 Å². The highest BCUT2D eigenvalue weighted by Crippen LogP contribution is 2.58. The maximum atomic E-state index is 12.8. The van der Waals surface area contributed by atoms with Crippen molar-refractivity contribution < 1.29 is 9.53 Å². The minimum atomic E-state index is -0.367. The van der Waals surface area contributed by atoms with Gasteiger partial charge in [-0.2, -0.15) is 0 Å². The van der Waals surface area contributed by atoms with Crippen molar-refractivity contribution in [2.24, 2.45) is 29.6 Å². The number of esters is 1. The summed E-state index contributed by atoms with van der Waals surface area (Å²) in [7, 11) is 0. The van der Waals surface area contributed by atoms with E-state index in [1.165, 1.54) is 32.1 Å². The van der Waals surface area contributed by atoms with Gasteiger partial charge < -0.3 is 10.1 Å². The second-order valence-electron chi connectivity index (χ2n) is 7.67. The monoisotopic (exact) mass is 279 g/mol. The van der Waals surface area contributed by atoms with E-state index in [0.29, 0.717) is 24.4 Å². The lowest BCUT2D eigenvalue weighted by atomic mass is 9.48. The van der Waals surface area contributed by atoms with Crippen LogP contribution in [0.4, 0.5) is 0 Å². The quantitative estimate of drug-likeness (QED) is 0.786. The third-order valence-electron chi connectivity index (χ3n) is 5.84. The van der Waals surface area contributed by atoms with Crippen molar-refractivity contribution in [2.45, 2.75) is 58.4 Å². The molecule has 0 atom stereocenters. The Kier molecular flexibility index (Phi) is 3.83. The Bertz CT molecular complexity index is 349. The van der Waals surface area contributed by atoms with Gasteiger partial charge >= 0.3 is 5.97 Å². The first-order chi connectivity index (χ1) is 9.56. The second-order valence-corrected chi connectivity index (χ2v) is 7.67. The van der Waals surface area contributed by atoms with E-state index in [-0.39, 0.29) is 11.5 Å². The van der Waals surface area contributed by atoms with E-state index in [1.807, 2.05) is 6.92 Å². The number of ether oxygens (including phenoxy) is 1. The van der Waals surface area contributed by atoms with Crippen LogP contribution in [0.15, 0.2) is 0 Å². The van der Waals surface area contributed by atoms with Gasteiger partial charge in [0, 0.05) is 0 Å². The highest BCUT2D eigenvalue weighted by atomic mass is 16.5. The SMILES string of the molecule is CCOC(=O)C1(NCC(C)C)C2CC3CC(C2)CC1C3. The minimum Gasteiger partial charge on any atom is -0.465 e. The molecule has 0 amide bonds. The normalized spacial score (nSPS) is 42.2. The molecule has 0 heterocycles. The van der Waals surface area contributed by atoms with Gasteiger partial charge in [-0.25, -0.2) is 0 Å². The number of carbonyl (C=O) groups is 1. The average Bonchev–Trinajstić information content (AvgIpc) is 2.37. The van der Waals surface area contributed by atoms with Crippen LogP contribution in [0.5, 0.6) is 0 Å². The molecule has 4 saturated carbocycles. The van der Waals surface area contributed by atoms with Crippen molar-refractivity contribution in [2.75, 3.05) is 13.2 Å². The molecule has 0 aromatic heterocycles. The molecule has 4 fully saturated rings. The fourth-order valence-electron chi connectivity index (χ4n) is 5.25. The van der Waals surface area contributed by atoms with Crippen molar-refractivity contribution in [3.8, 4) is 0 Å². The van der Waals surface area contributed by atoms with E-state index < -0.39 is 0 Å². The molecule has 0 unspecified atom stereocenters. The van der Waals surface area contributed by atoms with Gasteiger partial charge in [0.1, 0.15) is 5.54 Å². The summed E-state index contributed by atoms with van der Waals surface area (Å²) in [6, 6.07) is 0. The largest absolute Gasteiger partial charge is 0.465 e. The fraction of sp³-hybridized carbons (Fsp3) is 0.941. The summed E-state index contributed by atoms with van der Waals surface area (Å²) in [4.78, 5) is 12.8. The lowest BCUT2D eigenvalue weighted by Crippen LogP contribution is -2.69. The molecule has 114 valence electrons. The smallest absolute Gasteiger partial charge is 0.326 e. The Hall–Kier alpha value is -0.570. The Labute approximate surface area is 122 Å². The van der Waals surface area contributed by atoms with Gasteiger partial charge in [0.2, 0.25) is 0 Å². The zero-order chi connectivity index (χ0) is 14.3. The van der Waals surface area contributed by atoms with Gasteiger partial charge in [0.15, 0.2) is 0 Å². The third kappa shape index (κ3) is 2.18. The number of hydrogen-bond donors (Lipinski definition) is 1. The maximum Gasteiger partial charge on any atom is 0.326 e. The van der Waals surface area contributed by atoms with Gasteiger partial charge in [-0.15, -0.1) is 0 Å². The zero-order valence-electron chi connectivity index (χ0n) is 13.2. The molecule has 4 bridgehead atoms. The molecule has 0 aliphatic heterocycles. The van der Waals surface area contributed by atoms with Gasteiger partial charge in [0.25, 0.3) is 0 Å². The molecular formula is C17H29NO2. The van der Waals surface area contributed by atoms with Gasteiger partial charge in [-0.3, -0.25) is 4.79 Å². The van der Waals surface area contributed by atoms with Crippen molar-refractivity contribution in [3.05, 3.63) is 0 Å². The van der Waals surface area contributed by atoms with Crippen LogP contribution in [0.2, 0.25) is 0 Å². The Morgan fingerprint density at radius 2 is 1.70 bits per heavy atom. The molecule has 4 aliphatic carbocycles. The lowest BCUT2D eigenvalue weighted by molar-refractivity contribution is -0.171. The molecular weight excluding hydrogens is 250 g/mol. The molecule has 4 aliphatic rings. The van der Waals surface area contributed by atoms with E-state index in [9.17, 15) is 4.79 Å². The van der Waals surface area contributed by atoms with Gasteiger partial charge in [-0.1, -0.05) is 13.8 Å². The summed E-state index contributed by atoms with van der Waals surface area (Å²) in [6.07, 6.45) is 6.34. The molecule has 0 radical (unpaired) electrons. The fourth-order valence-corrected chi connectivity index (χ4v) is 5.25. The van der Waals surface area contributed by atoms with Gasteiger partial charge in [-0.05, 0) is 75.2 Å². The minimum absolute atomic E-state index is 0.0365. The molecule has 3 nitrogen and oxygen atoms in total. The molecule has 3 heteroatoms. The number of nitrogens with one attached hydrogen (secondary N) is 1. The van der Waals surface area contributed by atoms with E-state index in [4.69, 9.17) is 4.74 Å². The summed E-state index contributed by atoms with van der Waals surface area (Å²) in [5.74, 6) is 3.38. The predicted octanol–water partition coefficient (Wildman–Crippen LogP) is 2.99. The highest BCUT2D eigenvalue weighted by Gasteiger charge is 2.61.